The first kappa shape index (κ1) is 10.8. The predicted molar refractivity (Wildman–Crippen MR) is 52.5 cm³/mol. The minimum atomic E-state index is -0.532. The molecule has 0 fully saturated rings. The van der Waals surface area contributed by atoms with Crippen LogP contribution in [0, 0.1) is 10.1 Å². The highest BCUT2D eigenvalue weighted by atomic mass is 16.6. The molecule has 78 valence electrons. The molecule has 0 bridgehead atoms. The molecule has 1 aromatic carbocycles. The first-order chi connectivity index (χ1) is 7.19. The molecule has 7 heteroatoms. The van der Waals surface area contributed by atoms with Crippen molar-refractivity contribution in [3.8, 4) is 5.75 Å². The summed E-state index contributed by atoms with van der Waals surface area (Å²) in [6.45, 7) is 0.144. The van der Waals surface area contributed by atoms with E-state index < -0.39 is 4.92 Å². The van der Waals surface area contributed by atoms with Crippen LogP contribution in [0.15, 0.2) is 23.3 Å². The third-order valence-electron chi connectivity index (χ3n) is 1.76. The highest BCUT2D eigenvalue weighted by Gasteiger charge is 2.13. The van der Waals surface area contributed by atoms with Gasteiger partial charge in [0.25, 0.3) is 0 Å². The van der Waals surface area contributed by atoms with Crippen molar-refractivity contribution < 1.29 is 9.66 Å². The Hall–Kier alpha value is -2.27. The maximum atomic E-state index is 10.5. The van der Waals surface area contributed by atoms with Gasteiger partial charge in [-0.05, 0) is 17.2 Å². The van der Waals surface area contributed by atoms with Gasteiger partial charge < -0.3 is 4.74 Å². The Labute approximate surface area is 85.1 Å². The first-order valence-corrected chi connectivity index (χ1v) is 4.01. The summed E-state index contributed by atoms with van der Waals surface area (Å²) in [7, 11) is 1.35. The van der Waals surface area contributed by atoms with E-state index in [9.17, 15) is 10.1 Å². The molecule has 1 rings (SSSR count). The topological polar surface area (TPSA) is 101 Å². The molecular formula is C8H8N4O3. The van der Waals surface area contributed by atoms with E-state index in [0.717, 1.165) is 0 Å². The lowest BCUT2D eigenvalue weighted by atomic mass is 10.2. The standard InChI is InChI=1S/C8H8N4O3/c1-15-8-4-6(5-10-11-9)2-3-7(8)12(13)14/h2-4H,5H2,1H3. The third kappa shape index (κ3) is 2.58. The zero-order valence-corrected chi connectivity index (χ0v) is 7.95. The van der Waals surface area contributed by atoms with Crippen molar-refractivity contribution in [2.75, 3.05) is 7.11 Å². The molecule has 0 saturated carbocycles. The smallest absolute Gasteiger partial charge is 0.310 e. The van der Waals surface area contributed by atoms with Crippen molar-refractivity contribution in [2.24, 2.45) is 5.11 Å². The largest absolute Gasteiger partial charge is 0.490 e. The molecule has 15 heavy (non-hydrogen) atoms. The number of benzene rings is 1. The second kappa shape index (κ2) is 4.83. The van der Waals surface area contributed by atoms with Crippen LogP contribution < -0.4 is 4.74 Å². The van der Waals surface area contributed by atoms with Crippen LogP contribution in [0.2, 0.25) is 0 Å². The Morgan fingerprint density at radius 1 is 1.67 bits per heavy atom. The van der Waals surface area contributed by atoms with Gasteiger partial charge in [0.1, 0.15) is 0 Å². The van der Waals surface area contributed by atoms with Crippen molar-refractivity contribution >= 4 is 5.69 Å². The van der Waals surface area contributed by atoms with Crippen molar-refractivity contribution in [1.82, 2.24) is 0 Å². The van der Waals surface area contributed by atoms with Crippen LogP contribution >= 0.6 is 0 Å². The van der Waals surface area contributed by atoms with Crippen LogP contribution in [-0.2, 0) is 6.54 Å². The van der Waals surface area contributed by atoms with Crippen LogP contribution in [0.5, 0.6) is 5.75 Å². The van der Waals surface area contributed by atoms with Gasteiger partial charge in [-0.25, -0.2) is 0 Å². The van der Waals surface area contributed by atoms with Gasteiger partial charge in [0, 0.05) is 11.0 Å². The third-order valence-corrected chi connectivity index (χ3v) is 1.76. The molecule has 0 aliphatic rings. The molecule has 0 saturated heterocycles. The number of ether oxygens (including phenoxy) is 1. The molecule has 0 heterocycles. The molecule has 1 aromatic rings. The zero-order valence-electron chi connectivity index (χ0n) is 7.95. The lowest BCUT2D eigenvalue weighted by molar-refractivity contribution is -0.385. The Morgan fingerprint density at radius 2 is 2.40 bits per heavy atom. The van der Waals surface area contributed by atoms with Crippen LogP contribution in [0.25, 0.3) is 10.4 Å². The molecule has 0 N–H and O–H groups in total. The summed E-state index contributed by atoms with van der Waals surface area (Å²) >= 11 is 0. The van der Waals surface area contributed by atoms with Gasteiger partial charge in [-0.2, -0.15) is 0 Å². The maximum Gasteiger partial charge on any atom is 0.310 e. The minimum absolute atomic E-state index is 0.109. The van der Waals surface area contributed by atoms with E-state index in [-0.39, 0.29) is 18.0 Å². The van der Waals surface area contributed by atoms with Gasteiger partial charge in [-0.1, -0.05) is 11.2 Å². The number of hydrogen-bond donors (Lipinski definition) is 0. The van der Waals surface area contributed by atoms with E-state index >= 15 is 0 Å². The van der Waals surface area contributed by atoms with Gasteiger partial charge in [0.05, 0.1) is 18.6 Å². The molecule has 0 radical (unpaired) electrons. The molecule has 0 atom stereocenters. The van der Waals surface area contributed by atoms with Crippen molar-refractivity contribution in [1.29, 1.82) is 0 Å². The monoisotopic (exact) mass is 208 g/mol. The van der Waals surface area contributed by atoms with Gasteiger partial charge >= 0.3 is 5.69 Å². The summed E-state index contributed by atoms with van der Waals surface area (Å²) in [6, 6.07) is 4.32. The van der Waals surface area contributed by atoms with E-state index in [4.69, 9.17) is 10.3 Å². The van der Waals surface area contributed by atoms with Gasteiger partial charge in [-0.3, -0.25) is 10.1 Å². The van der Waals surface area contributed by atoms with E-state index in [0.29, 0.717) is 5.56 Å². The average Bonchev–Trinajstić information content (AvgIpc) is 2.25. The van der Waals surface area contributed by atoms with Gasteiger partial charge in [-0.15, -0.1) is 0 Å². The fraction of sp³-hybridized carbons (Fsp3) is 0.250. The second-order valence-electron chi connectivity index (χ2n) is 2.65. The summed E-state index contributed by atoms with van der Waals surface area (Å²) in [6.07, 6.45) is 0. The molecule has 7 nitrogen and oxygen atoms in total. The van der Waals surface area contributed by atoms with E-state index in [1.165, 1.54) is 25.3 Å². The summed E-state index contributed by atoms with van der Waals surface area (Å²) in [5.74, 6) is 0.158. The summed E-state index contributed by atoms with van der Waals surface area (Å²) in [4.78, 5) is 12.6. The maximum absolute atomic E-state index is 10.5. The van der Waals surface area contributed by atoms with Gasteiger partial charge in [0.15, 0.2) is 5.75 Å². The second-order valence-corrected chi connectivity index (χ2v) is 2.65. The van der Waals surface area contributed by atoms with Crippen molar-refractivity contribution in [2.45, 2.75) is 6.54 Å². The fourth-order valence-electron chi connectivity index (χ4n) is 1.08. The highest BCUT2D eigenvalue weighted by molar-refractivity contribution is 5.48. The molecule has 0 aliphatic heterocycles. The minimum Gasteiger partial charge on any atom is -0.490 e. The Bertz CT molecular complexity index is 426. The van der Waals surface area contributed by atoms with Crippen LogP contribution in [0.1, 0.15) is 5.56 Å². The normalized spacial score (nSPS) is 9.13. The molecule has 0 spiro atoms. The SMILES string of the molecule is COc1cc(CN=[N+]=[N-])ccc1[N+](=O)[O-]. The van der Waals surface area contributed by atoms with Gasteiger partial charge in [0.2, 0.25) is 0 Å². The van der Waals surface area contributed by atoms with E-state index in [1.807, 2.05) is 0 Å². The Morgan fingerprint density at radius 3 is 2.93 bits per heavy atom. The van der Waals surface area contributed by atoms with Crippen molar-refractivity contribution in [3.63, 3.8) is 0 Å². The molecular weight excluding hydrogens is 200 g/mol. The number of methoxy groups -OCH3 is 1. The fourth-order valence-corrected chi connectivity index (χ4v) is 1.08. The number of rotatable bonds is 4. The molecule has 0 aromatic heterocycles. The van der Waals surface area contributed by atoms with Crippen molar-refractivity contribution in [3.05, 3.63) is 44.3 Å². The van der Waals surface area contributed by atoms with E-state index in [1.54, 1.807) is 0 Å². The highest BCUT2D eigenvalue weighted by Crippen LogP contribution is 2.27. The Kier molecular flexibility index (Phi) is 3.48. The summed E-state index contributed by atoms with van der Waals surface area (Å²) < 4.78 is 4.85. The van der Waals surface area contributed by atoms with Crippen LogP contribution in [0.3, 0.4) is 0 Å². The summed E-state index contributed by atoms with van der Waals surface area (Å²) in [5, 5.41) is 13.9. The van der Waals surface area contributed by atoms with Crippen LogP contribution in [0.4, 0.5) is 5.69 Å². The number of nitrogens with zero attached hydrogens (tertiary/aromatic N) is 4. The van der Waals surface area contributed by atoms with Crippen LogP contribution in [-0.4, -0.2) is 12.0 Å². The average molecular weight is 208 g/mol. The lowest BCUT2D eigenvalue weighted by Gasteiger charge is -2.02. The van der Waals surface area contributed by atoms with E-state index in [2.05, 4.69) is 10.0 Å². The molecule has 0 aliphatic carbocycles. The summed E-state index contributed by atoms with van der Waals surface area (Å²) in [5.41, 5.74) is 8.67. The zero-order chi connectivity index (χ0) is 11.3. The lowest BCUT2D eigenvalue weighted by Crippen LogP contribution is -1.94. The molecule has 0 unspecified atom stereocenters. The predicted octanol–water partition coefficient (Wildman–Crippen LogP) is 2.41. The quantitative estimate of drug-likeness (QED) is 0.249. The Balaban J connectivity index is 3.07. The number of nitro benzene ring substituents is 1. The number of hydrogen-bond acceptors (Lipinski definition) is 4. The number of nitro groups is 1. The first-order valence-electron chi connectivity index (χ1n) is 4.01. The molecule has 0 amide bonds. The number of azide groups is 1.